The molecule has 0 aliphatic carbocycles. The summed E-state index contributed by atoms with van der Waals surface area (Å²) < 4.78 is 23.3. The van der Waals surface area contributed by atoms with Crippen molar-refractivity contribution in [2.45, 2.75) is 6.92 Å². The van der Waals surface area contributed by atoms with Crippen LogP contribution in [0.4, 0.5) is 4.39 Å². The summed E-state index contributed by atoms with van der Waals surface area (Å²) >= 11 is 0. The number of rotatable bonds is 5. The number of carbonyl (C=O) groups is 1. The number of hydrogen-bond donors (Lipinski definition) is 0. The van der Waals surface area contributed by atoms with Gasteiger partial charge < -0.3 is 14.1 Å². The van der Waals surface area contributed by atoms with Gasteiger partial charge in [-0.3, -0.25) is 4.79 Å². The van der Waals surface area contributed by atoms with E-state index in [1.165, 1.54) is 18.4 Å². The molecule has 0 atom stereocenters. The van der Waals surface area contributed by atoms with Crippen molar-refractivity contribution in [2.24, 2.45) is 0 Å². The van der Waals surface area contributed by atoms with Crippen LogP contribution in [0.5, 0.6) is 5.75 Å². The minimum absolute atomic E-state index is 0.112. The number of ether oxygens (including phenoxy) is 1. The van der Waals surface area contributed by atoms with E-state index in [2.05, 4.69) is 0 Å². The first-order valence-corrected chi connectivity index (χ1v) is 6.26. The molecule has 0 saturated carbocycles. The van der Waals surface area contributed by atoms with Crippen LogP contribution in [0.1, 0.15) is 16.1 Å². The van der Waals surface area contributed by atoms with E-state index in [4.69, 9.17) is 9.15 Å². The van der Waals surface area contributed by atoms with Gasteiger partial charge in [0.25, 0.3) is 5.91 Å². The lowest BCUT2D eigenvalue weighted by Gasteiger charge is -2.17. The number of amides is 1. The van der Waals surface area contributed by atoms with Gasteiger partial charge in [0.15, 0.2) is 0 Å². The van der Waals surface area contributed by atoms with Crippen LogP contribution in [0.15, 0.2) is 41.0 Å². The maximum absolute atomic E-state index is 12.7. The molecule has 1 amide bonds. The summed E-state index contributed by atoms with van der Waals surface area (Å²) in [6.07, 6.45) is 1.49. The summed E-state index contributed by atoms with van der Waals surface area (Å²) in [5.41, 5.74) is 0.550. The number of benzene rings is 1. The molecule has 0 fully saturated rings. The standard InChI is InChI=1S/C15H16FNO3/c1-11-14(7-9-19-11)15(18)17(2)8-10-20-13-5-3-12(16)4-6-13/h3-7,9H,8,10H2,1-2H3. The lowest BCUT2D eigenvalue weighted by atomic mass is 10.2. The molecule has 0 unspecified atom stereocenters. The number of halogens is 1. The zero-order chi connectivity index (χ0) is 14.5. The first-order valence-electron chi connectivity index (χ1n) is 6.26. The topological polar surface area (TPSA) is 42.7 Å². The van der Waals surface area contributed by atoms with E-state index in [1.807, 2.05) is 0 Å². The average Bonchev–Trinajstić information content (AvgIpc) is 2.86. The monoisotopic (exact) mass is 277 g/mol. The van der Waals surface area contributed by atoms with E-state index in [0.717, 1.165) is 0 Å². The van der Waals surface area contributed by atoms with Gasteiger partial charge in [-0.15, -0.1) is 0 Å². The van der Waals surface area contributed by atoms with Gasteiger partial charge in [0.05, 0.1) is 18.4 Å². The first-order chi connectivity index (χ1) is 9.58. The third-order valence-electron chi connectivity index (χ3n) is 2.94. The van der Waals surface area contributed by atoms with Gasteiger partial charge in [0.2, 0.25) is 0 Å². The Bertz CT molecular complexity index is 577. The SMILES string of the molecule is Cc1occc1C(=O)N(C)CCOc1ccc(F)cc1. The van der Waals surface area contributed by atoms with E-state index in [1.54, 1.807) is 37.1 Å². The second kappa shape index (κ2) is 6.23. The summed E-state index contributed by atoms with van der Waals surface area (Å²) in [4.78, 5) is 13.6. The largest absolute Gasteiger partial charge is 0.492 e. The summed E-state index contributed by atoms with van der Waals surface area (Å²) in [6, 6.07) is 7.42. The van der Waals surface area contributed by atoms with Crippen molar-refractivity contribution in [3.8, 4) is 5.75 Å². The summed E-state index contributed by atoms with van der Waals surface area (Å²) in [5, 5.41) is 0. The number of aryl methyl sites for hydroxylation is 1. The molecule has 1 aromatic carbocycles. The molecular weight excluding hydrogens is 261 g/mol. The van der Waals surface area contributed by atoms with Crippen LogP contribution < -0.4 is 4.74 Å². The van der Waals surface area contributed by atoms with Crippen molar-refractivity contribution in [2.75, 3.05) is 20.2 Å². The van der Waals surface area contributed by atoms with E-state index >= 15 is 0 Å². The first kappa shape index (κ1) is 14.1. The quantitative estimate of drug-likeness (QED) is 0.844. The molecule has 1 aromatic heterocycles. The van der Waals surface area contributed by atoms with Gasteiger partial charge in [0.1, 0.15) is 23.9 Å². The summed E-state index contributed by atoms with van der Waals surface area (Å²) in [5.74, 6) is 0.757. The molecule has 0 N–H and O–H groups in total. The molecule has 5 heteroatoms. The third kappa shape index (κ3) is 3.38. The number of carbonyl (C=O) groups excluding carboxylic acids is 1. The summed E-state index contributed by atoms with van der Waals surface area (Å²) in [6.45, 7) is 2.52. The van der Waals surface area contributed by atoms with Crippen LogP contribution in [-0.2, 0) is 0 Å². The third-order valence-corrected chi connectivity index (χ3v) is 2.94. The average molecular weight is 277 g/mol. The van der Waals surface area contributed by atoms with Crippen molar-refractivity contribution >= 4 is 5.91 Å². The van der Waals surface area contributed by atoms with Gasteiger partial charge in [0, 0.05) is 7.05 Å². The maximum Gasteiger partial charge on any atom is 0.257 e. The Morgan fingerprint density at radius 1 is 1.30 bits per heavy atom. The Morgan fingerprint density at radius 2 is 2.00 bits per heavy atom. The molecule has 106 valence electrons. The molecule has 4 nitrogen and oxygen atoms in total. The Hall–Kier alpha value is -2.30. The van der Waals surface area contributed by atoms with Crippen LogP contribution in [0, 0.1) is 12.7 Å². The minimum atomic E-state index is -0.305. The van der Waals surface area contributed by atoms with E-state index < -0.39 is 0 Å². The molecule has 1 heterocycles. The normalized spacial score (nSPS) is 10.3. The van der Waals surface area contributed by atoms with Gasteiger partial charge in [-0.2, -0.15) is 0 Å². The zero-order valence-electron chi connectivity index (χ0n) is 11.4. The molecule has 0 radical (unpaired) electrons. The predicted octanol–water partition coefficient (Wildman–Crippen LogP) is 2.88. The maximum atomic E-state index is 12.7. The summed E-state index contributed by atoms with van der Waals surface area (Å²) in [7, 11) is 1.70. The van der Waals surface area contributed by atoms with Crippen molar-refractivity contribution < 1.29 is 18.3 Å². The van der Waals surface area contributed by atoms with Crippen LogP contribution in [-0.4, -0.2) is 31.0 Å². The van der Waals surface area contributed by atoms with Crippen molar-refractivity contribution in [3.63, 3.8) is 0 Å². The Morgan fingerprint density at radius 3 is 2.60 bits per heavy atom. The Kier molecular flexibility index (Phi) is 4.40. The van der Waals surface area contributed by atoms with Gasteiger partial charge >= 0.3 is 0 Å². The van der Waals surface area contributed by atoms with Crippen molar-refractivity contribution in [3.05, 3.63) is 53.7 Å². The molecule has 2 aromatic rings. The molecule has 20 heavy (non-hydrogen) atoms. The number of nitrogens with zero attached hydrogens (tertiary/aromatic N) is 1. The molecule has 0 bridgehead atoms. The fraction of sp³-hybridized carbons (Fsp3) is 0.267. The van der Waals surface area contributed by atoms with Gasteiger partial charge in [-0.1, -0.05) is 0 Å². The van der Waals surface area contributed by atoms with Gasteiger partial charge in [-0.05, 0) is 37.3 Å². The Labute approximate surface area is 116 Å². The molecule has 0 spiro atoms. The highest BCUT2D eigenvalue weighted by Gasteiger charge is 2.15. The molecule has 0 saturated heterocycles. The second-order valence-electron chi connectivity index (χ2n) is 4.42. The van der Waals surface area contributed by atoms with E-state index in [-0.39, 0.29) is 11.7 Å². The zero-order valence-corrected chi connectivity index (χ0v) is 11.4. The Balaban J connectivity index is 1.83. The van der Waals surface area contributed by atoms with E-state index in [9.17, 15) is 9.18 Å². The van der Waals surface area contributed by atoms with Crippen LogP contribution in [0.3, 0.4) is 0 Å². The molecule has 2 rings (SSSR count). The second-order valence-corrected chi connectivity index (χ2v) is 4.42. The molecular formula is C15H16FNO3. The fourth-order valence-electron chi connectivity index (χ4n) is 1.75. The van der Waals surface area contributed by atoms with Crippen LogP contribution >= 0.6 is 0 Å². The fourth-order valence-corrected chi connectivity index (χ4v) is 1.75. The van der Waals surface area contributed by atoms with Crippen molar-refractivity contribution in [1.29, 1.82) is 0 Å². The smallest absolute Gasteiger partial charge is 0.257 e. The number of likely N-dealkylation sites (N-methyl/N-ethyl adjacent to an activating group) is 1. The molecule has 0 aliphatic heterocycles. The number of furan rings is 1. The van der Waals surface area contributed by atoms with Crippen LogP contribution in [0.2, 0.25) is 0 Å². The predicted molar refractivity (Wildman–Crippen MR) is 72.3 cm³/mol. The minimum Gasteiger partial charge on any atom is -0.492 e. The lowest BCUT2D eigenvalue weighted by molar-refractivity contribution is 0.0772. The van der Waals surface area contributed by atoms with Crippen molar-refractivity contribution in [1.82, 2.24) is 4.90 Å². The lowest BCUT2D eigenvalue weighted by Crippen LogP contribution is -2.31. The molecule has 0 aliphatic rings. The highest BCUT2D eigenvalue weighted by molar-refractivity contribution is 5.94. The highest BCUT2D eigenvalue weighted by atomic mass is 19.1. The highest BCUT2D eigenvalue weighted by Crippen LogP contribution is 2.12. The number of hydrogen-bond acceptors (Lipinski definition) is 3. The van der Waals surface area contributed by atoms with Crippen LogP contribution in [0.25, 0.3) is 0 Å². The van der Waals surface area contributed by atoms with E-state index in [0.29, 0.717) is 30.2 Å². The van der Waals surface area contributed by atoms with Gasteiger partial charge in [-0.25, -0.2) is 4.39 Å².